The van der Waals surface area contributed by atoms with Crippen LogP contribution >= 0.6 is 0 Å². The van der Waals surface area contributed by atoms with E-state index in [1.54, 1.807) is 12.1 Å². The fourth-order valence-electron chi connectivity index (χ4n) is 3.61. The number of ketones is 2. The molecule has 0 aromatic heterocycles. The van der Waals surface area contributed by atoms with Crippen LogP contribution in [0.5, 0.6) is 0 Å². The Morgan fingerprint density at radius 2 is 1.72 bits per heavy atom. The minimum atomic E-state index is -0.495. The third kappa shape index (κ3) is 4.79. The third-order valence-corrected chi connectivity index (χ3v) is 5.04. The van der Waals surface area contributed by atoms with Crippen LogP contribution in [0.25, 0.3) is 5.76 Å². The summed E-state index contributed by atoms with van der Waals surface area (Å²) in [6, 6.07) is 7.86. The second-order valence-corrected chi connectivity index (χ2v) is 6.95. The lowest BCUT2D eigenvalue weighted by atomic mass is 9.94. The largest absolute Gasteiger partial charge is 0.493 e. The number of unbranched alkanes of at least 4 members (excludes halogenated alkanes) is 2. The standard InChI is InChI=1S/C21H27NO3/c23-19-15-20(17-11-5-6-12-18(17)21(19)24)25-14-8-2-7-13-22-16-9-3-1-4-10-16/h5-6,11-12,15-16,22H,1-4,7-10,13-14H2. The summed E-state index contributed by atoms with van der Waals surface area (Å²) in [5, 5.41) is 3.65. The molecule has 0 heterocycles. The first kappa shape index (κ1) is 17.9. The predicted octanol–water partition coefficient (Wildman–Crippen LogP) is 3.90. The Bertz CT molecular complexity index is 644. The van der Waals surface area contributed by atoms with Gasteiger partial charge in [0.25, 0.3) is 0 Å². The summed E-state index contributed by atoms with van der Waals surface area (Å²) in [7, 11) is 0. The maximum Gasteiger partial charge on any atom is 0.233 e. The highest BCUT2D eigenvalue weighted by Gasteiger charge is 2.26. The highest BCUT2D eigenvalue weighted by molar-refractivity contribution is 6.50. The molecule has 2 aliphatic carbocycles. The van der Waals surface area contributed by atoms with Crippen molar-refractivity contribution in [2.45, 2.75) is 57.4 Å². The second-order valence-electron chi connectivity index (χ2n) is 6.95. The minimum Gasteiger partial charge on any atom is -0.493 e. The van der Waals surface area contributed by atoms with E-state index in [9.17, 15) is 9.59 Å². The molecular weight excluding hydrogens is 314 g/mol. The number of hydrogen-bond acceptors (Lipinski definition) is 4. The Hall–Kier alpha value is -1.94. The molecule has 4 heteroatoms. The summed E-state index contributed by atoms with van der Waals surface area (Å²) in [6.07, 6.45) is 11.3. The molecule has 0 amide bonds. The summed E-state index contributed by atoms with van der Waals surface area (Å²) in [5.41, 5.74) is 1.17. The summed E-state index contributed by atoms with van der Waals surface area (Å²) >= 11 is 0. The van der Waals surface area contributed by atoms with Crippen molar-refractivity contribution in [1.82, 2.24) is 5.32 Å². The molecule has 0 unspecified atom stereocenters. The topological polar surface area (TPSA) is 55.4 Å². The van der Waals surface area contributed by atoms with Gasteiger partial charge in [-0.1, -0.05) is 43.5 Å². The van der Waals surface area contributed by atoms with Crippen molar-refractivity contribution in [3.05, 3.63) is 41.5 Å². The number of benzene rings is 1. The maximum absolute atomic E-state index is 11.9. The van der Waals surface area contributed by atoms with Crippen molar-refractivity contribution >= 4 is 17.3 Å². The Balaban J connectivity index is 1.37. The van der Waals surface area contributed by atoms with Gasteiger partial charge in [-0.15, -0.1) is 0 Å². The first-order valence-electron chi connectivity index (χ1n) is 9.51. The summed E-state index contributed by atoms with van der Waals surface area (Å²) in [4.78, 5) is 23.7. The van der Waals surface area contributed by atoms with Gasteiger partial charge in [0.15, 0.2) is 0 Å². The van der Waals surface area contributed by atoms with Gasteiger partial charge in [0.1, 0.15) is 5.76 Å². The number of nitrogens with one attached hydrogen (secondary N) is 1. The van der Waals surface area contributed by atoms with E-state index in [2.05, 4.69) is 5.32 Å². The molecule has 1 aromatic carbocycles. The van der Waals surface area contributed by atoms with Crippen molar-refractivity contribution in [1.29, 1.82) is 0 Å². The van der Waals surface area contributed by atoms with Crippen molar-refractivity contribution in [2.75, 3.05) is 13.2 Å². The molecule has 0 bridgehead atoms. The van der Waals surface area contributed by atoms with E-state index in [0.717, 1.165) is 37.4 Å². The molecule has 0 atom stereocenters. The first-order valence-corrected chi connectivity index (χ1v) is 9.51. The number of fused-ring (bicyclic) bond motifs is 1. The molecule has 0 aliphatic heterocycles. The van der Waals surface area contributed by atoms with Crippen molar-refractivity contribution in [3.8, 4) is 0 Å². The monoisotopic (exact) mass is 341 g/mol. The van der Waals surface area contributed by atoms with E-state index in [0.29, 0.717) is 17.9 Å². The van der Waals surface area contributed by atoms with Crippen molar-refractivity contribution in [3.63, 3.8) is 0 Å². The van der Waals surface area contributed by atoms with E-state index in [4.69, 9.17) is 4.74 Å². The number of carbonyl (C=O) groups excluding carboxylic acids is 2. The highest BCUT2D eigenvalue weighted by atomic mass is 16.5. The van der Waals surface area contributed by atoms with Gasteiger partial charge in [-0.2, -0.15) is 0 Å². The number of carbonyl (C=O) groups is 2. The third-order valence-electron chi connectivity index (χ3n) is 5.04. The summed E-state index contributed by atoms with van der Waals surface area (Å²) < 4.78 is 5.79. The number of hydrogen-bond donors (Lipinski definition) is 1. The fourth-order valence-corrected chi connectivity index (χ4v) is 3.61. The van der Waals surface area contributed by atoms with Crippen LogP contribution in [0.1, 0.15) is 67.3 Å². The second kappa shape index (κ2) is 8.95. The molecule has 25 heavy (non-hydrogen) atoms. The zero-order chi connectivity index (χ0) is 17.5. The van der Waals surface area contributed by atoms with Gasteiger partial charge in [0.2, 0.25) is 11.6 Å². The van der Waals surface area contributed by atoms with Gasteiger partial charge >= 0.3 is 0 Å². The lowest BCUT2D eigenvalue weighted by Crippen LogP contribution is -2.31. The molecule has 4 nitrogen and oxygen atoms in total. The Morgan fingerprint density at radius 3 is 2.52 bits per heavy atom. The Morgan fingerprint density at radius 1 is 0.960 bits per heavy atom. The molecule has 3 rings (SSSR count). The lowest BCUT2D eigenvalue weighted by Gasteiger charge is -2.22. The van der Waals surface area contributed by atoms with Crippen LogP contribution in [0, 0.1) is 0 Å². The molecule has 1 saturated carbocycles. The number of Topliss-reactive ketones (excluding diaryl/α,β-unsaturated/α-hetero) is 1. The van der Waals surface area contributed by atoms with E-state index in [1.165, 1.54) is 38.2 Å². The average molecular weight is 341 g/mol. The van der Waals surface area contributed by atoms with Gasteiger partial charge in [-0.3, -0.25) is 9.59 Å². The number of allylic oxidation sites excluding steroid dienone is 1. The summed E-state index contributed by atoms with van der Waals surface area (Å²) in [5.74, 6) is -0.414. The number of rotatable bonds is 8. The fraction of sp³-hybridized carbons (Fsp3) is 0.524. The van der Waals surface area contributed by atoms with Gasteiger partial charge in [0.05, 0.1) is 6.61 Å². The predicted molar refractivity (Wildman–Crippen MR) is 98.4 cm³/mol. The molecule has 2 aliphatic rings. The molecule has 0 radical (unpaired) electrons. The van der Waals surface area contributed by atoms with Crippen molar-refractivity contribution < 1.29 is 14.3 Å². The van der Waals surface area contributed by atoms with Crippen LogP contribution < -0.4 is 5.32 Å². The van der Waals surface area contributed by atoms with Gasteiger partial charge < -0.3 is 10.1 Å². The van der Waals surface area contributed by atoms with E-state index in [-0.39, 0.29) is 0 Å². The normalized spacial score (nSPS) is 18.0. The van der Waals surface area contributed by atoms with Crippen LogP contribution in [0.2, 0.25) is 0 Å². The first-order chi connectivity index (χ1) is 12.3. The minimum absolute atomic E-state index is 0.446. The smallest absolute Gasteiger partial charge is 0.233 e. The van der Waals surface area contributed by atoms with E-state index in [1.807, 2.05) is 12.1 Å². The quantitative estimate of drug-likeness (QED) is 0.575. The van der Waals surface area contributed by atoms with Crippen LogP contribution in [-0.2, 0) is 9.53 Å². The molecule has 0 saturated heterocycles. The van der Waals surface area contributed by atoms with Crippen LogP contribution in [0.15, 0.2) is 30.3 Å². The zero-order valence-corrected chi connectivity index (χ0v) is 14.8. The Labute approximate surface area is 149 Å². The molecule has 0 spiro atoms. The van der Waals surface area contributed by atoms with Crippen molar-refractivity contribution in [2.24, 2.45) is 0 Å². The average Bonchev–Trinajstić information content (AvgIpc) is 2.65. The van der Waals surface area contributed by atoms with E-state index >= 15 is 0 Å². The Kier molecular flexibility index (Phi) is 6.40. The molecule has 134 valence electrons. The lowest BCUT2D eigenvalue weighted by molar-refractivity contribution is -0.111. The molecule has 1 aromatic rings. The van der Waals surface area contributed by atoms with Gasteiger partial charge in [-0.05, 0) is 38.6 Å². The number of ether oxygens (including phenoxy) is 1. The van der Waals surface area contributed by atoms with E-state index < -0.39 is 11.6 Å². The SMILES string of the molecule is O=C1C=C(OCCCCCNC2CCCCC2)c2ccccc2C1=O. The van der Waals surface area contributed by atoms with Crippen LogP contribution in [0.4, 0.5) is 0 Å². The van der Waals surface area contributed by atoms with Gasteiger partial charge in [-0.25, -0.2) is 0 Å². The summed E-state index contributed by atoms with van der Waals surface area (Å²) in [6.45, 7) is 1.65. The van der Waals surface area contributed by atoms with Gasteiger partial charge in [0, 0.05) is 23.2 Å². The molecular formula is C21H27NO3. The maximum atomic E-state index is 11.9. The van der Waals surface area contributed by atoms with Crippen LogP contribution in [-0.4, -0.2) is 30.8 Å². The highest BCUT2D eigenvalue weighted by Crippen LogP contribution is 2.26. The molecule has 1 fully saturated rings. The molecule has 1 N–H and O–H groups in total. The van der Waals surface area contributed by atoms with Crippen LogP contribution in [0.3, 0.4) is 0 Å². The zero-order valence-electron chi connectivity index (χ0n) is 14.8.